The molecule has 0 unspecified atom stereocenters. The third-order valence-electron chi connectivity index (χ3n) is 7.29. The van der Waals surface area contributed by atoms with Gasteiger partial charge in [0.2, 0.25) is 5.79 Å². The molecule has 1 spiro atoms. The molecule has 3 saturated heterocycles. The predicted molar refractivity (Wildman–Crippen MR) is 143 cm³/mol. The Morgan fingerprint density at radius 2 is 1.45 bits per heavy atom. The molecule has 3 aliphatic heterocycles. The number of rotatable bonds is 7. The molecule has 3 aliphatic rings. The van der Waals surface area contributed by atoms with Gasteiger partial charge in [0.05, 0.1) is 19.4 Å². The highest BCUT2D eigenvalue weighted by Gasteiger charge is 2.62. The van der Waals surface area contributed by atoms with Gasteiger partial charge in [-0.25, -0.2) is 0 Å². The van der Waals surface area contributed by atoms with E-state index in [1.54, 1.807) is 0 Å². The van der Waals surface area contributed by atoms with Crippen molar-refractivity contribution in [2.45, 2.75) is 56.6 Å². The molecular weight excluding hydrogens is 503 g/mol. The first-order valence-electron chi connectivity index (χ1n) is 13.0. The van der Waals surface area contributed by atoms with E-state index in [-0.39, 0.29) is 19.4 Å². The van der Waals surface area contributed by atoms with Crippen LogP contribution >= 0.6 is 7.14 Å². The van der Waals surface area contributed by atoms with Crippen molar-refractivity contribution in [3.63, 3.8) is 0 Å². The third-order valence-corrected chi connectivity index (χ3v) is 10.4. The van der Waals surface area contributed by atoms with E-state index < -0.39 is 43.3 Å². The maximum absolute atomic E-state index is 14.6. The summed E-state index contributed by atoms with van der Waals surface area (Å²) < 4.78 is 52.5. The summed E-state index contributed by atoms with van der Waals surface area (Å²) in [5, 5.41) is 1.54. The van der Waals surface area contributed by atoms with E-state index in [0.717, 1.165) is 16.2 Å². The Labute approximate surface area is 223 Å². The van der Waals surface area contributed by atoms with Gasteiger partial charge in [0.15, 0.2) is 12.1 Å². The first kappa shape index (κ1) is 25.9. The zero-order valence-corrected chi connectivity index (χ0v) is 22.5. The second-order valence-electron chi connectivity index (χ2n) is 10.4. The van der Waals surface area contributed by atoms with E-state index in [4.69, 9.17) is 28.4 Å². The highest BCUT2D eigenvalue weighted by atomic mass is 31.2. The molecule has 0 amide bonds. The minimum atomic E-state index is -3.05. The molecule has 0 bridgehead atoms. The summed E-state index contributed by atoms with van der Waals surface area (Å²) in [5.41, 5.74) is 1.02. The lowest BCUT2D eigenvalue weighted by Gasteiger charge is -2.43. The molecule has 0 saturated carbocycles. The highest BCUT2D eigenvalue weighted by Crippen LogP contribution is 2.48. The molecule has 0 aromatic heterocycles. The fraction of sp³-hybridized carbons (Fsp3) is 0.400. The monoisotopic (exact) mass is 536 g/mol. The highest BCUT2D eigenvalue weighted by molar-refractivity contribution is 7.78. The summed E-state index contributed by atoms with van der Waals surface area (Å²) in [5.74, 6) is -1.95. The van der Waals surface area contributed by atoms with Crippen LogP contribution in [0.5, 0.6) is 0 Å². The van der Waals surface area contributed by atoms with Crippen LogP contribution in [0.1, 0.15) is 19.4 Å². The SMILES string of the molecule is CC1(C)OC[C@]2(OC[C@H]3O[C@@H](CP(=O)(c4ccccc4)c4ccccc4)O[C@H]3[C@H]2OCc2ccccc2)O1. The van der Waals surface area contributed by atoms with Crippen molar-refractivity contribution in [3.8, 4) is 0 Å². The van der Waals surface area contributed by atoms with Crippen molar-refractivity contribution in [1.29, 1.82) is 0 Å². The second kappa shape index (κ2) is 10.3. The molecule has 3 aromatic rings. The van der Waals surface area contributed by atoms with Crippen LogP contribution in [0.25, 0.3) is 0 Å². The summed E-state index contributed by atoms with van der Waals surface area (Å²) >= 11 is 0. The number of ether oxygens (including phenoxy) is 6. The lowest BCUT2D eigenvalue weighted by atomic mass is 9.97. The molecule has 200 valence electrons. The van der Waals surface area contributed by atoms with E-state index in [1.807, 2.05) is 105 Å². The van der Waals surface area contributed by atoms with Crippen molar-refractivity contribution in [2.24, 2.45) is 0 Å². The second-order valence-corrected chi connectivity index (χ2v) is 13.3. The molecule has 0 N–H and O–H groups in total. The zero-order valence-electron chi connectivity index (χ0n) is 21.6. The smallest absolute Gasteiger partial charge is 0.224 e. The van der Waals surface area contributed by atoms with Crippen molar-refractivity contribution < 1.29 is 33.0 Å². The molecule has 3 fully saturated rings. The van der Waals surface area contributed by atoms with Crippen LogP contribution in [-0.2, 0) is 39.6 Å². The summed E-state index contributed by atoms with van der Waals surface area (Å²) in [4.78, 5) is 0. The van der Waals surface area contributed by atoms with Gasteiger partial charge in [0, 0.05) is 10.6 Å². The number of fused-ring (bicyclic) bond motifs is 1. The van der Waals surface area contributed by atoms with Crippen LogP contribution < -0.4 is 10.6 Å². The number of benzene rings is 3. The summed E-state index contributed by atoms with van der Waals surface area (Å²) in [6.45, 7) is 4.53. The van der Waals surface area contributed by atoms with Crippen LogP contribution in [0.3, 0.4) is 0 Å². The lowest BCUT2D eigenvalue weighted by Crippen LogP contribution is -2.62. The first-order chi connectivity index (χ1) is 18.4. The Morgan fingerprint density at radius 3 is 2.03 bits per heavy atom. The Balaban J connectivity index is 1.27. The van der Waals surface area contributed by atoms with E-state index >= 15 is 0 Å². The van der Waals surface area contributed by atoms with Gasteiger partial charge in [-0.1, -0.05) is 91.0 Å². The third kappa shape index (κ3) is 5.01. The minimum absolute atomic E-state index is 0.204. The molecule has 5 atom stereocenters. The van der Waals surface area contributed by atoms with E-state index in [9.17, 15) is 4.57 Å². The van der Waals surface area contributed by atoms with Crippen molar-refractivity contribution >= 4 is 17.8 Å². The quantitative estimate of drug-likeness (QED) is 0.419. The summed E-state index contributed by atoms with van der Waals surface area (Å²) in [7, 11) is -3.05. The van der Waals surface area contributed by atoms with Crippen LogP contribution in [0.15, 0.2) is 91.0 Å². The Hall–Kier alpha value is -2.35. The van der Waals surface area contributed by atoms with Gasteiger partial charge in [-0.2, -0.15) is 0 Å². The van der Waals surface area contributed by atoms with Gasteiger partial charge in [-0.15, -0.1) is 0 Å². The average molecular weight is 537 g/mol. The molecular formula is C30H33O7P. The van der Waals surface area contributed by atoms with Crippen molar-refractivity contribution in [2.75, 3.05) is 19.4 Å². The standard InChI is InChI=1S/C30H33O7P/c1-29(2)34-21-30(37-29)28(32-18-22-12-6-3-7-13-22)27-25(19-33-30)35-26(36-27)20-38(31,23-14-8-4-9-15-23)24-16-10-5-11-17-24/h3-17,25-28H,18-21H2,1-2H3/t25-,26-,27-,28-,30+/m1/s1. The topological polar surface area (TPSA) is 72.5 Å². The van der Waals surface area contributed by atoms with Gasteiger partial charge in [-0.05, 0) is 19.4 Å². The van der Waals surface area contributed by atoms with Crippen molar-refractivity contribution in [3.05, 3.63) is 96.6 Å². The Bertz CT molecular complexity index is 1230. The molecule has 38 heavy (non-hydrogen) atoms. The maximum Gasteiger partial charge on any atom is 0.224 e. The Kier molecular flexibility index (Phi) is 7.04. The molecule has 0 radical (unpaired) electrons. The van der Waals surface area contributed by atoms with E-state index in [2.05, 4.69) is 0 Å². The maximum atomic E-state index is 14.6. The summed E-state index contributed by atoms with van der Waals surface area (Å²) in [6, 6.07) is 29.0. The predicted octanol–water partition coefficient (Wildman–Crippen LogP) is 4.21. The van der Waals surface area contributed by atoms with E-state index in [1.165, 1.54) is 0 Å². The average Bonchev–Trinajstić information content (AvgIpc) is 3.49. The van der Waals surface area contributed by atoms with Crippen LogP contribution in [0.4, 0.5) is 0 Å². The van der Waals surface area contributed by atoms with Crippen LogP contribution in [-0.4, -0.2) is 55.6 Å². The number of hydrogen-bond donors (Lipinski definition) is 0. The van der Waals surface area contributed by atoms with Gasteiger partial charge >= 0.3 is 0 Å². The fourth-order valence-electron chi connectivity index (χ4n) is 5.46. The fourth-order valence-corrected chi connectivity index (χ4v) is 8.08. The molecule has 0 aliphatic carbocycles. The Morgan fingerprint density at radius 1 is 0.842 bits per heavy atom. The van der Waals surface area contributed by atoms with Gasteiger partial charge in [0.25, 0.3) is 0 Å². The van der Waals surface area contributed by atoms with Gasteiger partial charge < -0.3 is 33.0 Å². The first-order valence-corrected chi connectivity index (χ1v) is 14.9. The summed E-state index contributed by atoms with van der Waals surface area (Å²) in [6.07, 6.45) is -1.97. The molecule has 7 nitrogen and oxygen atoms in total. The molecule has 3 heterocycles. The van der Waals surface area contributed by atoms with Gasteiger partial charge in [-0.3, -0.25) is 0 Å². The molecule has 3 aromatic carbocycles. The van der Waals surface area contributed by atoms with Crippen LogP contribution in [0, 0.1) is 0 Å². The minimum Gasteiger partial charge on any atom is -0.365 e. The molecule has 8 heteroatoms. The van der Waals surface area contributed by atoms with Crippen molar-refractivity contribution in [1.82, 2.24) is 0 Å². The lowest BCUT2D eigenvalue weighted by molar-refractivity contribution is -0.335. The van der Waals surface area contributed by atoms with Gasteiger partial charge in [0.1, 0.15) is 32.1 Å². The zero-order chi connectivity index (χ0) is 26.2. The van der Waals surface area contributed by atoms with Crippen LogP contribution in [0.2, 0.25) is 0 Å². The molecule has 6 rings (SSSR count). The number of hydrogen-bond acceptors (Lipinski definition) is 7. The van der Waals surface area contributed by atoms with E-state index in [0.29, 0.717) is 6.61 Å². The largest absolute Gasteiger partial charge is 0.365 e. The normalized spacial score (nSPS) is 30.4.